The van der Waals surface area contributed by atoms with Crippen molar-refractivity contribution in [2.75, 3.05) is 0 Å². The fourth-order valence-corrected chi connectivity index (χ4v) is 7.65. The van der Waals surface area contributed by atoms with Crippen LogP contribution in [0.25, 0.3) is 21.5 Å². The SMILES string of the molecule is CCCCc1ccc2c(CCCC)cccc2c1S(=O)(=O)[O-].CCCCc1ccc2c(CCCC)cccc2c1S(=O)(=O)[O-].[Ca+2]. The maximum Gasteiger partial charge on any atom is 2.00 e. The normalized spacial score (nSPS) is 11.7. The number of hydrogen-bond donors (Lipinski definition) is 0. The third kappa shape index (κ3) is 10.7. The van der Waals surface area contributed by atoms with E-state index in [1.807, 2.05) is 48.5 Å². The van der Waals surface area contributed by atoms with Gasteiger partial charge in [-0.3, -0.25) is 0 Å². The topological polar surface area (TPSA) is 114 Å². The maximum absolute atomic E-state index is 11.8. The quantitative estimate of drug-likeness (QED) is 0.0976. The molecule has 4 aromatic rings. The van der Waals surface area contributed by atoms with Gasteiger partial charge in [0.2, 0.25) is 0 Å². The molecule has 0 aliphatic heterocycles. The van der Waals surface area contributed by atoms with Crippen molar-refractivity contribution in [2.24, 2.45) is 0 Å². The van der Waals surface area contributed by atoms with E-state index in [4.69, 9.17) is 0 Å². The summed E-state index contributed by atoms with van der Waals surface area (Å²) in [5.41, 5.74) is 3.53. The van der Waals surface area contributed by atoms with E-state index < -0.39 is 20.2 Å². The van der Waals surface area contributed by atoms with Crippen LogP contribution in [0.4, 0.5) is 0 Å². The standard InChI is InChI=1S/2C18H24O3S.Ca/c2*1-3-5-8-14-10-7-11-17-16(14)13-12-15(9-6-4-2)18(17)22(19,20)21;/h2*7,10-13H,3-6,8-9H2,1-2H3,(H,19,20,21);/q;;+2/p-2. The van der Waals surface area contributed by atoms with Gasteiger partial charge in [0.25, 0.3) is 0 Å². The van der Waals surface area contributed by atoms with Crippen molar-refractivity contribution in [3.05, 3.63) is 82.9 Å². The van der Waals surface area contributed by atoms with Crippen LogP contribution in [0.3, 0.4) is 0 Å². The second-order valence-corrected chi connectivity index (χ2v) is 14.1. The van der Waals surface area contributed by atoms with Gasteiger partial charge in [-0.25, -0.2) is 16.8 Å². The van der Waals surface area contributed by atoms with E-state index in [2.05, 4.69) is 27.7 Å². The number of rotatable bonds is 14. The Labute approximate surface area is 300 Å². The Morgan fingerprint density at radius 1 is 0.444 bits per heavy atom. The molecule has 9 heteroatoms. The van der Waals surface area contributed by atoms with Crippen molar-refractivity contribution in [3.63, 3.8) is 0 Å². The second-order valence-electron chi connectivity index (χ2n) is 11.5. The summed E-state index contributed by atoms with van der Waals surface area (Å²) in [6, 6.07) is 18.8. The summed E-state index contributed by atoms with van der Waals surface area (Å²) in [7, 11) is -8.96. The van der Waals surface area contributed by atoms with E-state index in [0.717, 1.165) is 86.1 Å². The van der Waals surface area contributed by atoms with Crippen LogP contribution in [-0.4, -0.2) is 63.7 Å². The minimum Gasteiger partial charge on any atom is -0.744 e. The Bertz CT molecular complexity index is 1630. The van der Waals surface area contributed by atoms with Crippen LogP contribution >= 0.6 is 0 Å². The van der Waals surface area contributed by atoms with E-state index >= 15 is 0 Å². The first kappa shape index (κ1) is 39.7. The summed E-state index contributed by atoms with van der Waals surface area (Å²) in [5.74, 6) is 0. The van der Waals surface area contributed by atoms with Gasteiger partial charge in [-0.1, -0.05) is 114 Å². The molecule has 0 aromatic heterocycles. The first-order valence-electron chi connectivity index (χ1n) is 16.0. The molecule has 0 saturated carbocycles. The molecular weight excluding hydrogens is 633 g/mol. The molecule has 0 atom stereocenters. The van der Waals surface area contributed by atoms with Gasteiger partial charge >= 0.3 is 37.7 Å². The largest absolute Gasteiger partial charge is 2.00 e. The van der Waals surface area contributed by atoms with Crippen molar-refractivity contribution in [2.45, 2.75) is 115 Å². The zero-order chi connectivity index (χ0) is 32.3. The molecule has 45 heavy (non-hydrogen) atoms. The van der Waals surface area contributed by atoms with Crippen LogP contribution in [0.15, 0.2) is 70.5 Å². The molecule has 4 aromatic carbocycles. The van der Waals surface area contributed by atoms with Gasteiger partial charge in [-0.15, -0.1) is 0 Å². The summed E-state index contributed by atoms with van der Waals surface area (Å²) in [6.45, 7) is 8.35. The molecule has 0 aliphatic carbocycles. The monoisotopic (exact) mass is 678 g/mol. The van der Waals surface area contributed by atoms with Crippen LogP contribution in [0, 0.1) is 0 Å². The number of benzene rings is 4. The number of hydrogen-bond acceptors (Lipinski definition) is 6. The third-order valence-electron chi connectivity index (χ3n) is 8.07. The third-order valence-corrected chi connectivity index (χ3v) is 10.0. The number of unbranched alkanes of at least 4 members (excludes halogenated alkanes) is 4. The molecule has 0 unspecified atom stereocenters. The molecule has 4 rings (SSSR count). The fraction of sp³-hybridized carbons (Fsp3) is 0.444. The summed E-state index contributed by atoms with van der Waals surface area (Å²) in [5, 5.41) is 2.95. The van der Waals surface area contributed by atoms with E-state index in [1.54, 1.807) is 12.1 Å². The zero-order valence-corrected chi connectivity index (χ0v) is 31.1. The predicted octanol–water partition coefficient (Wildman–Crippen LogP) is 8.48. The van der Waals surface area contributed by atoms with Gasteiger partial charge in [-0.05, 0) is 95.2 Å². The number of fused-ring (bicyclic) bond motifs is 2. The fourth-order valence-electron chi connectivity index (χ4n) is 5.77. The Hall–Kier alpha value is -1.52. The van der Waals surface area contributed by atoms with Crippen LogP contribution in [0.5, 0.6) is 0 Å². The van der Waals surface area contributed by atoms with Gasteiger partial charge in [-0.2, -0.15) is 0 Å². The smallest absolute Gasteiger partial charge is 0.744 e. The van der Waals surface area contributed by atoms with Crippen molar-refractivity contribution >= 4 is 79.5 Å². The van der Waals surface area contributed by atoms with Crippen LogP contribution in [-0.2, 0) is 45.9 Å². The van der Waals surface area contributed by atoms with Gasteiger partial charge in [0.15, 0.2) is 0 Å². The molecule has 0 bridgehead atoms. The molecule has 0 aliphatic rings. The molecule has 0 N–H and O–H groups in total. The van der Waals surface area contributed by atoms with E-state index in [1.165, 1.54) is 0 Å². The van der Waals surface area contributed by atoms with E-state index in [9.17, 15) is 25.9 Å². The predicted molar refractivity (Wildman–Crippen MR) is 184 cm³/mol. The number of aryl methyl sites for hydroxylation is 4. The first-order valence-corrected chi connectivity index (χ1v) is 18.8. The Balaban J connectivity index is 0.000000307. The van der Waals surface area contributed by atoms with Gasteiger partial charge in [0, 0.05) is 0 Å². The van der Waals surface area contributed by atoms with Crippen molar-refractivity contribution in [1.82, 2.24) is 0 Å². The Morgan fingerprint density at radius 3 is 1.04 bits per heavy atom. The van der Waals surface area contributed by atoms with Crippen LogP contribution < -0.4 is 0 Å². The minimum atomic E-state index is -4.48. The maximum atomic E-state index is 11.8. The summed E-state index contributed by atoms with van der Waals surface area (Å²) < 4.78 is 70.8. The van der Waals surface area contributed by atoms with Crippen molar-refractivity contribution in [1.29, 1.82) is 0 Å². The second kappa shape index (κ2) is 18.7. The van der Waals surface area contributed by atoms with Gasteiger partial charge in [0.1, 0.15) is 20.2 Å². The zero-order valence-electron chi connectivity index (χ0n) is 27.2. The molecule has 240 valence electrons. The van der Waals surface area contributed by atoms with Crippen molar-refractivity contribution < 1.29 is 25.9 Å². The van der Waals surface area contributed by atoms with Crippen LogP contribution in [0.1, 0.15) is 101 Å². The van der Waals surface area contributed by atoms with E-state index in [-0.39, 0.29) is 47.5 Å². The van der Waals surface area contributed by atoms with Crippen molar-refractivity contribution in [3.8, 4) is 0 Å². The molecular formula is C36H46CaO6S2. The average Bonchev–Trinajstić information content (AvgIpc) is 2.99. The Kier molecular flexibility index (Phi) is 16.5. The summed E-state index contributed by atoms with van der Waals surface area (Å²) in [6.07, 6.45) is 11.0. The average molecular weight is 679 g/mol. The summed E-state index contributed by atoms with van der Waals surface area (Å²) >= 11 is 0. The molecule has 0 spiro atoms. The molecule has 0 radical (unpaired) electrons. The Morgan fingerprint density at radius 2 is 0.756 bits per heavy atom. The van der Waals surface area contributed by atoms with Crippen LogP contribution in [0.2, 0.25) is 0 Å². The first-order chi connectivity index (χ1) is 21.0. The molecule has 6 nitrogen and oxygen atoms in total. The molecule has 0 amide bonds. The van der Waals surface area contributed by atoms with E-state index in [0.29, 0.717) is 34.7 Å². The minimum absolute atomic E-state index is 0. The molecule has 0 heterocycles. The van der Waals surface area contributed by atoms with Gasteiger partial charge < -0.3 is 9.11 Å². The molecule has 0 fully saturated rings. The van der Waals surface area contributed by atoms with Gasteiger partial charge in [0.05, 0.1) is 9.79 Å². The molecule has 0 saturated heterocycles. The summed E-state index contributed by atoms with van der Waals surface area (Å²) in [4.78, 5) is -0.0337.